The van der Waals surface area contributed by atoms with Gasteiger partial charge in [0.25, 0.3) is 0 Å². The summed E-state index contributed by atoms with van der Waals surface area (Å²) in [5, 5.41) is 4.33. The summed E-state index contributed by atoms with van der Waals surface area (Å²) in [6.07, 6.45) is 1.55. The van der Waals surface area contributed by atoms with Crippen LogP contribution in [-0.2, 0) is 6.54 Å². The summed E-state index contributed by atoms with van der Waals surface area (Å²) in [5.41, 5.74) is 2.52. The second kappa shape index (κ2) is 4.87. The van der Waals surface area contributed by atoms with Crippen LogP contribution < -0.4 is 0 Å². The number of hydrogen-bond donors (Lipinski definition) is 0. The highest BCUT2D eigenvalue weighted by Gasteiger charge is 2.17. The Labute approximate surface area is 119 Å². The molecule has 0 saturated heterocycles. The molecule has 0 amide bonds. The van der Waals surface area contributed by atoms with E-state index in [4.69, 9.17) is 27.7 Å². The molecule has 1 aromatic carbocycles. The van der Waals surface area contributed by atoms with E-state index in [0.717, 1.165) is 22.6 Å². The molecule has 0 bridgehead atoms. The third-order valence-electron chi connectivity index (χ3n) is 2.93. The predicted octanol–water partition coefficient (Wildman–Crippen LogP) is 4.03. The molecule has 0 aliphatic carbocycles. The molecule has 0 N–H and O–H groups in total. The summed E-state index contributed by atoms with van der Waals surface area (Å²) in [4.78, 5) is 4.53. The number of para-hydroxylation sites is 1. The third-order valence-corrected chi connectivity index (χ3v) is 3.43. The van der Waals surface area contributed by atoms with Crippen LogP contribution in [0.2, 0.25) is 5.02 Å². The van der Waals surface area contributed by atoms with Crippen LogP contribution in [0.15, 0.2) is 35.1 Å². The maximum absolute atomic E-state index is 6.20. The highest BCUT2D eigenvalue weighted by atomic mass is 35.5. The van der Waals surface area contributed by atoms with Crippen molar-refractivity contribution in [3.8, 4) is 0 Å². The zero-order valence-corrected chi connectivity index (χ0v) is 11.7. The van der Waals surface area contributed by atoms with Crippen molar-refractivity contribution in [1.29, 1.82) is 0 Å². The molecule has 2 aromatic heterocycles. The van der Waals surface area contributed by atoms with E-state index in [2.05, 4.69) is 10.1 Å². The average Bonchev–Trinajstić information content (AvgIpc) is 2.99. The van der Waals surface area contributed by atoms with E-state index in [-0.39, 0.29) is 5.38 Å². The Hall–Kier alpha value is -1.52. The second-order valence-corrected chi connectivity index (χ2v) is 5.33. The first-order chi connectivity index (χ1) is 9.16. The van der Waals surface area contributed by atoms with Crippen molar-refractivity contribution >= 4 is 34.2 Å². The van der Waals surface area contributed by atoms with E-state index >= 15 is 0 Å². The van der Waals surface area contributed by atoms with Gasteiger partial charge in [-0.3, -0.25) is 0 Å². The van der Waals surface area contributed by atoms with E-state index in [0.29, 0.717) is 11.6 Å². The van der Waals surface area contributed by atoms with E-state index in [9.17, 15) is 0 Å². The molecule has 0 aliphatic rings. The van der Waals surface area contributed by atoms with Crippen LogP contribution in [0.4, 0.5) is 0 Å². The molecule has 0 saturated carbocycles. The van der Waals surface area contributed by atoms with E-state index in [1.54, 1.807) is 6.26 Å². The molecule has 3 aromatic rings. The Morgan fingerprint density at radius 2 is 2.21 bits per heavy atom. The molecule has 0 aliphatic heterocycles. The standard InChI is InChI=1S/C13H11Cl2N3O/c1-8(14)13-16-12-10(15)3-2-4-11(12)18(13)7-9-5-6-19-17-9/h2-6,8H,7H2,1H3. The minimum atomic E-state index is -0.213. The van der Waals surface area contributed by atoms with Gasteiger partial charge in [0.2, 0.25) is 0 Å². The normalized spacial score (nSPS) is 13.0. The molecule has 2 heterocycles. The Morgan fingerprint density at radius 3 is 2.89 bits per heavy atom. The summed E-state index contributed by atoms with van der Waals surface area (Å²) in [6, 6.07) is 7.50. The summed E-state index contributed by atoms with van der Waals surface area (Å²) < 4.78 is 6.87. The lowest BCUT2D eigenvalue weighted by Crippen LogP contribution is -2.05. The molecule has 0 spiro atoms. The highest BCUT2D eigenvalue weighted by molar-refractivity contribution is 6.35. The van der Waals surface area contributed by atoms with E-state index in [1.807, 2.05) is 35.8 Å². The van der Waals surface area contributed by atoms with Gasteiger partial charge in [-0.15, -0.1) is 11.6 Å². The van der Waals surface area contributed by atoms with Gasteiger partial charge in [0.15, 0.2) is 0 Å². The Kier molecular flexibility index (Phi) is 3.21. The number of hydrogen-bond acceptors (Lipinski definition) is 3. The topological polar surface area (TPSA) is 43.9 Å². The zero-order chi connectivity index (χ0) is 13.4. The molecule has 1 unspecified atom stereocenters. The van der Waals surface area contributed by atoms with Crippen molar-refractivity contribution in [1.82, 2.24) is 14.7 Å². The van der Waals surface area contributed by atoms with Gasteiger partial charge in [0.1, 0.15) is 23.3 Å². The number of imidazole rings is 1. The number of alkyl halides is 1. The van der Waals surface area contributed by atoms with Gasteiger partial charge in [0, 0.05) is 6.07 Å². The van der Waals surface area contributed by atoms with Crippen LogP contribution in [0.1, 0.15) is 23.8 Å². The number of benzene rings is 1. The Morgan fingerprint density at radius 1 is 1.37 bits per heavy atom. The number of rotatable bonds is 3. The van der Waals surface area contributed by atoms with Crippen LogP contribution >= 0.6 is 23.2 Å². The summed E-state index contributed by atoms with van der Waals surface area (Å²) in [5.74, 6) is 0.771. The molecular formula is C13H11Cl2N3O. The van der Waals surface area contributed by atoms with Crippen molar-refractivity contribution in [3.05, 3.63) is 47.1 Å². The number of halogens is 2. The molecule has 0 fully saturated rings. The fourth-order valence-electron chi connectivity index (χ4n) is 2.08. The number of aromatic nitrogens is 3. The lowest BCUT2D eigenvalue weighted by molar-refractivity contribution is 0.409. The van der Waals surface area contributed by atoms with Gasteiger partial charge >= 0.3 is 0 Å². The third kappa shape index (κ3) is 2.22. The van der Waals surface area contributed by atoms with Crippen molar-refractivity contribution < 1.29 is 4.52 Å². The Bertz CT molecular complexity index is 704. The SMILES string of the molecule is CC(Cl)c1nc2c(Cl)cccc2n1Cc1ccon1. The van der Waals surface area contributed by atoms with Gasteiger partial charge in [0.05, 0.1) is 22.5 Å². The predicted molar refractivity (Wildman–Crippen MR) is 74.6 cm³/mol. The lowest BCUT2D eigenvalue weighted by Gasteiger charge is -2.08. The van der Waals surface area contributed by atoms with Crippen LogP contribution in [0.5, 0.6) is 0 Å². The first-order valence-corrected chi connectivity index (χ1v) is 6.66. The molecule has 4 nitrogen and oxygen atoms in total. The van der Waals surface area contributed by atoms with Gasteiger partial charge in [-0.1, -0.05) is 22.8 Å². The molecule has 3 rings (SSSR count). The van der Waals surface area contributed by atoms with E-state index < -0.39 is 0 Å². The number of nitrogens with zero attached hydrogens (tertiary/aromatic N) is 3. The van der Waals surface area contributed by atoms with Crippen LogP contribution in [0, 0.1) is 0 Å². The van der Waals surface area contributed by atoms with Crippen LogP contribution in [0.3, 0.4) is 0 Å². The van der Waals surface area contributed by atoms with E-state index in [1.165, 1.54) is 0 Å². The highest BCUT2D eigenvalue weighted by Crippen LogP contribution is 2.29. The van der Waals surface area contributed by atoms with Crippen LogP contribution in [-0.4, -0.2) is 14.7 Å². The monoisotopic (exact) mass is 295 g/mol. The molecular weight excluding hydrogens is 285 g/mol. The minimum absolute atomic E-state index is 0.213. The van der Waals surface area contributed by atoms with Crippen molar-refractivity contribution in [3.63, 3.8) is 0 Å². The second-order valence-electron chi connectivity index (χ2n) is 4.27. The molecule has 1 atom stereocenters. The van der Waals surface area contributed by atoms with Crippen molar-refractivity contribution in [2.75, 3.05) is 0 Å². The maximum atomic E-state index is 6.20. The minimum Gasteiger partial charge on any atom is -0.364 e. The lowest BCUT2D eigenvalue weighted by atomic mass is 10.3. The van der Waals surface area contributed by atoms with Gasteiger partial charge in [-0.25, -0.2) is 4.98 Å². The Balaban J connectivity index is 2.19. The zero-order valence-electron chi connectivity index (χ0n) is 10.2. The smallest absolute Gasteiger partial charge is 0.128 e. The first kappa shape index (κ1) is 12.5. The molecule has 98 valence electrons. The molecule has 19 heavy (non-hydrogen) atoms. The molecule has 6 heteroatoms. The summed E-state index contributed by atoms with van der Waals surface area (Å²) in [7, 11) is 0. The largest absolute Gasteiger partial charge is 0.364 e. The van der Waals surface area contributed by atoms with Gasteiger partial charge in [-0.2, -0.15) is 0 Å². The van der Waals surface area contributed by atoms with Gasteiger partial charge < -0.3 is 9.09 Å². The molecule has 0 radical (unpaired) electrons. The maximum Gasteiger partial charge on any atom is 0.128 e. The summed E-state index contributed by atoms with van der Waals surface area (Å²) >= 11 is 12.4. The fourth-order valence-corrected chi connectivity index (χ4v) is 2.46. The quantitative estimate of drug-likeness (QED) is 0.685. The number of fused-ring (bicyclic) bond motifs is 1. The average molecular weight is 296 g/mol. The summed E-state index contributed by atoms with van der Waals surface area (Å²) in [6.45, 7) is 2.44. The van der Waals surface area contributed by atoms with Crippen molar-refractivity contribution in [2.45, 2.75) is 18.8 Å². The fraction of sp³-hybridized carbons (Fsp3) is 0.231. The first-order valence-electron chi connectivity index (χ1n) is 5.85. The van der Waals surface area contributed by atoms with Crippen molar-refractivity contribution in [2.24, 2.45) is 0 Å². The van der Waals surface area contributed by atoms with Gasteiger partial charge in [-0.05, 0) is 19.1 Å². The van der Waals surface area contributed by atoms with Crippen LogP contribution in [0.25, 0.3) is 11.0 Å².